The van der Waals surface area contributed by atoms with Crippen molar-refractivity contribution in [3.05, 3.63) is 36.2 Å². The minimum absolute atomic E-state index is 0.589. The molecule has 6 nitrogen and oxygen atoms in total. The summed E-state index contributed by atoms with van der Waals surface area (Å²) in [7, 11) is 0. The predicted octanol–water partition coefficient (Wildman–Crippen LogP) is 1.49. The number of rotatable bonds is 5. The Morgan fingerprint density at radius 3 is 2.61 bits per heavy atom. The molecule has 0 radical (unpaired) electrons. The highest BCUT2D eigenvalue weighted by Gasteiger charge is 2.02. The lowest BCUT2D eigenvalue weighted by atomic mass is 10.3. The Balaban J connectivity index is 2.09. The highest BCUT2D eigenvalue weighted by molar-refractivity contribution is 7.98. The Labute approximate surface area is 109 Å². The second-order valence-corrected chi connectivity index (χ2v) is 4.25. The number of nitrogens with two attached hydrogens (primary N) is 1. The molecule has 2 heterocycles. The number of aromatic nitrogens is 3. The third-order valence-electron chi connectivity index (χ3n) is 2.26. The van der Waals surface area contributed by atoms with Crippen LogP contribution in [0.4, 0.5) is 11.6 Å². The minimum atomic E-state index is 0.589. The smallest absolute Gasteiger partial charge is 0.191 e. The van der Waals surface area contributed by atoms with Crippen molar-refractivity contribution in [1.82, 2.24) is 15.0 Å². The lowest BCUT2D eigenvalue weighted by Gasteiger charge is -2.08. The molecule has 4 N–H and O–H groups in total. The van der Waals surface area contributed by atoms with Crippen molar-refractivity contribution in [1.29, 1.82) is 0 Å². The monoisotopic (exact) mass is 262 g/mol. The van der Waals surface area contributed by atoms with Gasteiger partial charge < -0.3 is 10.7 Å². The van der Waals surface area contributed by atoms with Crippen LogP contribution in [-0.4, -0.2) is 21.2 Å². The Bertz CT molecular complexity index is 482. The maximum atomic E-state index is 5.36. The molecule has 0 bridgehead atoms. The fourth-order valence-corrected chi connectivity index (χ4v) is 1.75. The molecule has 0 fully saturated rings. The molecule has 0 saturated carbocycles. The summed E-state index contributed by atoms with van der Waals surface area (Å²) in [6.45, 7) is 0.678. The summed E-state index contributed by atoms with van der Waals surface area (Å²) in [6, 6.07) is 5.67. The van der Waals surface area contributed by atoms with Crippen LogP contribution in [0.25, 0.3) is 0 Å². The van der Waals surface area contributed by atoms with Crippen LogP contribution in [0.5, 0.6) is 0 Å². The number of thioether (sulfide) groups is 1. The van der Waals surface area contributed by atoms with Crippen molar-refractivity contribution >= 4 is 23.4 Å². The number of pyridine rings is 1. The molecule has 0 amide bonds. The molecule has 0 saturated heterocycles. The Morgan fingerprint density at radius 2 is 1.94 bits per heavy atom. The van der Waals surface area contributed by atoms with Crippen molar-refractivity contribution in [2.45, 2.75) is 11.7 Å². The van der Waals surface area contributed by atoms with Gasteiger partial charge in [0.25, 0.3) is 0 Å². The van der Waals surface area contributed by atoms with Gasteiger partial charge in [0.1, 0.15) is 11.6 Å². The summed E-state index contributed by atoms with van der Waals surface area (Å²) < 4.78 is 0. The number of hydrazine groups is 1. The van der Waals surface area contributed by atoms with Gasteiger partial charge in [0.15, 0.2) is 5.16 Å². The SMILES string of the molecule is CSc1nc(NN)cc(NCc2ccncc2)n1. The molecule has 0 aromatic carbocycles. The molecule has 0 aliphatic heterocycles. The van der Waals surface area contributed by atoms with Crippen LogP contribution in [0, 0.1) is 0 Å². The van der Waals surface area contributed by atoms with Crippen molar-refractivity contribution in [3.8, 4) is 0 Å². The zero-order valence-corrected chi connectivity index (χ0v) is 10.7. The van der Waals surface area contributed by atoms with Crippen LogP contribution >= 0.6 is 11.8 Å². The highest BCUT2D eigenvalue weighted by atomic mass is 32.2. The number of nitrogens with zero attached hydrogens (tertiary/aromatic N) is 3. The lowest BCUT2D eigenvalue weighted by molar-refractivity contribution is 0.952. The van der Waals surface area contributed by atoms with Gasteiger partial charge in [0.2, 0.25) is 0 Å². The third kappa shape index (κ3) is 3.31. The fourth-order valence-electron chi connectivity index (χ4n) is 1.37. The quantitative estimate of drug-likeness (QED) is 0.325. The van der Waals surface area contributed by atoms with E-state index >= 15 is 0 Å². The molecule has 0 unspecified atom stereocenters. The third-order valence-corrected chi connectivity index (χ3v) is 2.81. The highest BCUT2D eigenvalue weighted by Crippen LogP contribution is 2.17. The molecule has 0 aliphatic rings. The summed E-state index contributed by atoms with van der Waals surface area (Å²) >= 11 is 1.47. The van der Waals surface area contributed by atoms with Gasteiger partial charge in [-0.15, -0.1) is 0 Å². The van der Waals surface area contributed by atoms with Crippen molar-refractivity contribution in [2.24, 2.45) is 5.84 Å². The van der Waals surface area contributed by atoms with E-state index in [1.54, 1.807) is 18.5 Å². The van der Waals surface area contributed by atoms with E-state index in [1.165, 1.54) is 11.8 Å². The van der Waals surface area contributed by atoms with E-state index in [2.05, 4.69) is 25.7 Å². The van der Waals surface area contributed by atoms with E-state index in [0.29, 0.717) is 17.5 Å². The Morgan fingerprint density at radius 1 is 1.22 bits per heavy atom. The zero-order chi connectivity index (χ0) is 12.8. The van der Waals surface area contributed by atoms with Crippen molar-refractivity contribution in [3.63, 3.8) is 0 Å². The number of nitrogens with one attached hydrogen (secondary N) is 2. The van der Waals surface area contributed by atoms with E-state index in [9.17, 15) is 0 Å². The fraction of sp³-hybridized carbons (Fsp3) is 0.182. The van der Waals surface area contributed by atoms with Gasteiger partial charge in [0, 0.05) is 25.0 Å². The number of hydrogen-bond donors (Lipinski definition) is 3. The maximum absolute atomic E-state index is 5.36. The first kappa shape index (κ1) is 12.6. The van der Waals surface area contributed by atoms with E-state index in [-0.39, 0.29) is 0 Å². The summed E-state index contributed by atoms with van der Waals surface area (Å²) in [6.07, 6.45) is 5.44. The molecule has 7 heteroatoms. The summed E-state index contributed by atoms with van der Waals surface area (Å²) in [5, 5.41) is 3.89. The molecule has 2 rings (SSSR count). The predicted molar refractivity (Wildman–Crippen MR) is 73.2 cm³/mol. The Hall–Kier alpha value is -1.86. The van der Waals surface area contributed by atoms with Crippen LogP contribution in [0.15, 0.2) is 35.7 Å². The summed E-state index contributed by atoms with van der Waals surface area (Å²) in [5.74, 6) is 6.69. The van der Waals surface area contributed by atoms with Crippen LogP contribution < -0.4 is 16.6 Å². The van der Waals surface area contributed by atoms with E-state index in [0.717, 1.165) is 11.4 Å². The van der Waals surface area contributed by atoms with E-state index in [1.807, 2.05) is 18.4 Å². The minimum Gasteiger partial charge on any atom is -0.366 e. The molecular weight excluding hydrogens is 248 g/mol. The van der Waals surface area contributed by atoms with Gasteiger partial charge in [-0.2, -0.15) is 0 Å². The summed E-state index contributed by atoms with van der Waals surface area (Å²) in [5.41, 5.74) is 3.66. The molecular formula is C11H14N6S. The number of hydrogen-bond acceptors (Lipinski definition) is 7. The molecule has 18 heavy (non-hydrogen) atoms. The zero-order valence-electron chi connectivity index (χ0n) is 9.92. The average Bonchev–Trinajstić information content (AvgIpc) is 2.45. The molecule has 0 atom stereocenters. The summed E-state index contributed by atoms with van der Waals surface area (Å²) in [4.78, 5) is 12.5. The normalized spacial score (nSPS) is 10.1. The molecule has 2 aromatic rings. The first-order valence-corrected chi connectivity index (χ1v) is 6.57. The van der Waals surface area contributed by atoms with Crippen LogP contribution in [-0.2, 0) is 6.54 Å². The average molecular weight is 262 g/mol. The second-order valence-electron chi connectivity index (χ2n) is 3.48. The number of nitrogen functional groups attached to an aromatic ring is 1. The van der Waals surface area contributed by atoms with Crippen LogP contribution in [0.3, 0.4) is 0 Å². The first-order valence-electron chi connectivity index (χ1n) is 5.34. The van der Waals surface area contributed by atoms with Gasteiger partial charge in [-0.25, -0.2) is 15.8 Å². The second kappa shape index (κ2) is 6.18. The van der Waals surface area contributed by atoms with Gasteiger partial charge in [-0.3, -0.25) is 4.98 Å². The molecule has 2 aromatic heterocycles. The van der Waals surface area contributed by atoms with Gasteiger partial charge in [-0.1, -0.05) is 11.8 Å². The largest absolute Gasteiger partial charge is 0.366 e. The number of anilines is 2. The first-order chi connectivity index (χ1) is 8.81. The molecule has 0 aliphatic carbocycles. The molecule has 94 valence electrons. The van der Waals surface area contributed by atoms with Crippen molar-refractivity contribution in [2.75, 3.05) is 17.0 Å². The van der Waals surface area contributed by atoms with Gasteiger partial charge >= 0.3 is 0 Å². The lowest BCUT2D eigenvalue weighted by Crippen LogP contribution is -2.11. The van der Waals surface area contributed by atoms with Gasteiger partial charge in [0.05, 0.1) is 0 Å². The molecule has 0 spiro atoms. The van der Waals surface area contributed by atoms with Crippen molar-refractivity contribution < 1.29 is 0 Å². The van der Waals surface area contributed by atoms with Crippen LogP contribution in [0.1, 0.15) is 5.56 Å². The van der Waals surface area contributed by atoms with Crippen LogP contribution in [0.2, 0.25) is 0 Å². The maximum Gasteiger partial charge on any atom is 0.191 e. The van der Waals surface area contributed by atoms with E-state index in [4.69, 9.17) is 5.84 Å². The van der Waals surface area contributed by atoms with Gasteiger partial charge in [-0.05, 0) is 24.0 Å². The Kier molecular flexibility index (Phi) is 4.32. The van der Waals surface area contributed by atoms with E-state index < -0.39 is 0 Å². The topological polar surface area (TPSA) is 88.8 Å². The standard InChI is InChI=1S/C11H14N6S/c1-18-11-15-9(6-10(16-11)17-12)14-7-8-2-4-13-5-3-8/h2-6H,7,12H2,1H3,(H2,14,15,16,17).